The van der Waals surface area contributed by atoms with E-state index in [1.54, 1.807) is 13.2 Å². The molecule has 3 rings (SSSR count). The van der Waals surface area contributed by atoms with Gasteiger partial charge in [0.1, 0.15) is 5.82 Å². The van der Waals surface area contributed by atoms with Crippen molar-refractivity contribution < 1.29 is 18.7 Å². The molecule has 1 amide bonds. The zero-order chi connectivity index (χ0) is 20.4. The van der Waals surface area contributed by atoms with Crippen molar-refractivity contribution in [2.75, 3.05) is 18.6 Å². The van der Waals surface area contributed by atoms with Crippen molar-refractivity contribution in [1.29, 1.82) is 0 Å². The summed E-state index contributed by atoms with van der Waals surface area (Å²) in [6, 6.07) is 7.77. The lowest BCUT2D eigenvalue weighted by molar-refractivity contribution is -0.113. The van der Waals surface area contributed by atoms with Gasteiger partial charge in [0, 0.05) is 0 Å². The minimum Gasteiger partial charge on any atom is -0.492 e. The summed E-state index contributed by atoms with van der Waals surface area (Å²) in [6.45, 7) is 2.38. The van der Waals surface area contributed by atoms with Gasteiger partial charge in [-0.05, 0) is 71.5 Å². The summed E-state index contributed by atoms with van der Waals surface area (Å²) in [4.78, 5) is 14.7. The van der Waals surface area contributed by atoms with Crippen LogP contribution >= 0.6 is 58.2 Å². The Hall–Kier alpha value is -1.36. The quantitative estimate of drug-likeness (QED) is 0.264. The maximum atomic E-state index is 13.4. The molecule has 0 radical (unpaired) electrons. The number of hydrogen-bond donors (Lipinski definition) is 0. The van der Waals surface area contributed by atoms with Crippen molar-refractivity contribution in [3.63, 3.8) is 0 Å². The Bertz CT molecular complexity index is 999. The molecule has 0 aliphatic carbocycles. The number of benzene rings is 2. The average molecular weight is 550 g/mol. The van der Waals surface area contributed by atoms with Gasteiger partial charge in [-0.15, -0.1) is 0 Å². The van der Waals surface area contributed by atoms with Gasteiger partial charge in [-0.25, -0.2) is 4.39 Å². The summed E-state index contributed by atoms with van der Waals surface area (Å²) < 4.78 is 25.7. The third-order valence-electron chi connectivity index (χ3n) is 3.79. The van der Waals surface area contributed by atoms with Gasteiger partial charge in [0.15, 0.2) is 15.8 Å². The van der Waals surface area contributed by atoms with Crippen molar-refractivity contribution in [3.05, 3.63) is 55.2 Å². The summed E-state index contributed by atoms with van der Waals surface area (Å²) in [5.41, 5.74) is 1.21. The highest BCUT2D eigenvalue weighted by Gasteiger charge is 2.33. The Kier molecular flexibility index (Phi) is 6.85. The Labute approximate surface area is 190 Å². The minimum atomic E-state index is -0.553. The van der Waals surface area contributed by atoms with E-state index in [0.717, 1.165) is 9.13 Å². The first-order valence-electron chi connectivity index (χ1n) is 8.09. The van der Waals surface area contributed by atoms with Crippen LogP contribution in [-0.2, 0) is 4.79 Å². The molecule has 1 aliphatic rings. The van der Waals surface area contributed by atoms with Crippen LogP contribution in [0.1, 0.15) is 12.5 Å². The molecule has 0 atom stereocenters. The summed E-state index contributed by atoms with van der Waals surface area (Å²) in [6.07, 6.45) is 1.74. The number of rotatable bonds is 5. The Morgan fingerprint density at radius 3 is 2.75 bits per heavy atom. The Balaban J connectivity index is 1.96. The predicted molar refractivity (Wildman–Crippen MR) is 124 cm³/mol. The summed E-state index contributed by atoms with van der Waals surface area (Å²) >= 11 is 14.5. The zero-order valence-corrected chi connectivity index (χ0v) is 19.3. The number of carbonyl (C=O) groups excluding carboxylic acids is 1. The number of hydrogen-bond acceptors (Lipinski definition) is 5. The van der Waals surface area contributed by atoms with Crippen molar-refractivity contribution in [1.82, 2.24) is 0 Å². The number of thiocarbonyl (C=S) groups is 1. The van der Waals surface area contributed by atoms with Crippen LogP contribution in [0.5, 0.6) is 11.5 Å². The lowest BCUT2D eigenvalue weighted by Gasteiger charge is -2.15. The van der Waals surface area contributed by atoms with Gasteiger partial charge in [0.05, 0.1) is 32.9 Å². The average Bonchev–Trinajstić information content (AvgIpc) is 2.91. The van der Waals surface area contributed by atoms with Crippen LogP contribution in [0.3, 0.4) is 0 Å². The van der Waals surface area contributed by atoms with Crippen molar-refractivity contribution in [3.8, 4) is 11.5 Å². The van der Waals surface area contributed by atoms with Gasteiger partial charge in [-0.3, -0.25) is 9.69 Å². The fourth-order valence-corrected chi connectivity index (χ4v) is 4.92. The topological polar surface area (TPSA) is 38.8 Å². The lowest BCUT2D eigenvalue weighted by atomic mass is 10.1. The number of amides is 1. The third kappa shape index (κ3) is 4.29. The zero-order valence-electron chi connectivity index (χ0n) is 14.8. The third-order valence-corrected chi connectivity index (χ3v) is 6.18. The predicted octanol–water partition coefficient (Wildman–Crippen LogP) is 5.90. The SMILES string of the molecule is CCOc1cc(/C=C2/SC(=S)N(c3ccc(F)c(Cl)c3)C2=O)cc(I)c1OC. The van der Waals surface area contributed by atoms with E-state index in [1.165, 1.54) is 34.9 Å². The Morgan fingerprint density at radius 1 is 1.36 bits per heavy atom. The van der Waals surface area contributed by atoms with Crippen LogP contribution in [0.15, 0.2) is 35.2 Å². The van der Waals surface area contributed by atoms with Crippen LogP contribution in [-0.4, -0.2) is 23.9 Å². The molecule has 146 valence electrons. The normalized spacial score (nSPS) is 15.5. The summed E-state index contributed by atoms with van der Waals surface area (Å²) in [7, 11) is 1.58. The van der Waals surface area contributed by atoms with E-state index < -0.39 is 5.82 Å². The highest BCUT2D eigenvalue weighted by atomic mass is 127. The van der Waals surface area contributed by atoms with Crippen LogP contribution in [0.25, 0.3) is 6.08 Å². The van der Waals surface area contributed by atoms with E-state index in [4.69, 9.17) is 33.3 Å². The number of nitrogens with zero attached hydrogens (tertiary/aromatic N) is 1. The Morgan fingerprint density at radius 2 is 2.11 bits per heavy atom. The van der Waals surface area contributed by atoms with Crippen LogP contribution in [0, 0.1) is 9.39 Å². The van der Waals surface area contributed by atoms with Gasteiger partial charge >= 0.3 is 0 Å². The molecule has 0 unspecified atom stereocenters. The molecule has 1 fully saturated rings. The highest BCUT2D eigenvalue weighted by molar-refractivity contribution is 14.1. The van der Waals surface area contributed by atoms with E-state index in [9.17, 15) is 9.18 Å². The first-order valence-corrected chi connectivity index (χ1v) is 10.8. The molecular weight excluding hydrogens is 536 g/mol. The maximum Gasteiger partial charge on any atom is 0.270 e. The first-order chi connectivity index (χ1) is 13.3. The molecule has 0 aromatic heterocycles. The largest absolute Gasteiger partial charge is 0.492 e. The number of anilines is 1. The molecule has 2 aromatic rings. The number of thioether (sulfide) groups is 1. The van der Waals surface area contributed by atoms with Gasteiger partial charge in [0.2, 0.25) is 0 Å². The fraction of sp³-hybridized carbons (Fsp3) is 0.158. The molecule has 0 spiro atoms. The number of carbonyl (C=O) groups is 1. The maximum absolute atomic E-state index is 13.4. The molecular formula is C19H14ClFINO3S2. The molecule has 1 heterocycles. The number of methoxy groups -OCH3 is 1. The van der Waals surface area contributed by atoms with Gasteiger partial charge < -0.3 is 9.47 Å². The van der Waals surface area contributed by atoms with E-state index in [0.29, 0.717) is 33.0 Å². The fourth-order valence-electron chi connectivity index (χ4n) is 2.60. The van der Waals surface area contributed by atoms with Crippen molar-refractivity contribution in [2.45, 2.75) is 6.92 Å². The lowest BCUT2D eigenvalue weighted by Crippen LogP contribution is -2.27. The molecule has 1 saturated heterocycles. The van der Waals surface area contributed by atoms with E-state index >= 15 is 0 Å². The monoisotopic (exact) mass is 549 g/mol. The van der Waals surface area contributed by atoms with E-state index in [1.807, 2.05) is 19.1 Å². The number of ether oxygens (including phenoxy) is 2. The van der Waals surface area contributed by atoms with Crippen LogP contribution in [0.2, 0.25) is 5.02 Å². The van der Waals surface area contributed by atoms with Gasteiger partial charge in [-0.2, -0.15) is 0 Å². The summed E-state index contributed by atoms with van der Waals surface area (Å²) in [5, 5.41) is -0.0680. The van der Waals surface area contributed by atoms with E-state index in [2.05, 4.69) is 22.6 Å². The molecule has 28 heavy (non-hydrogen) atoms. The second-order valence-corrected chi connectivity index (χ2v) is 8.83. The molecule has 2 aromatic carbocycles. The second kappa shape index (κ2) is 8.98. The van der Waals surface area contributed by atoms with Crippen LogP contribution < -0.4 is 14.4 Å². The second-order valence-electron chi connectivity index (χ2n) is 5.58. The highest BCUT2D eigenvalue weighted by Crippen LogP contribution is 2.39. The molecule has 9 heteroatoms. The standard InChI is InChI=1S/C19H14ClFINO3S2/c1-3-26-15-7-10(6-14(22)17(15)25-2)8-16-18(24)23(19(27)28-16)11-4-5-13(21)12(20)9-11/h4-9H,3H2,1-2H3/b16-8+. The molecule has 0 saturated carbocycles. The summed E-state index contributed by atoms with van der Waals surface area (Å²) in [5.74, 6) is 0.404. The van der Waals surface area contributed by atoms with E-state index in [-0.39, 0.29) is 10.9 Å². The molecule has 0 bridgehead atoms. The van der Waals surface area contributed by atoms with Gasteiger partial charge in [-0.1, -0.05) is 35.6 Å². The van der Waals surface area contributed by atoms with Crippen molar-refractivity contribution >= 4 is 80.2 Å². The molecule has 4 nitrogen and oxygen atoms in total. The smallest absolute Gasteiger partial charge is 0.270 e. The number of halogens is 3. The first kappa shape index (κ1) is 21.4. The minimum absolute atomic E-state index is 0.0680. The van der Waals surface area contributed by atoms with Gasteiger partial charge in [0.25, 0.3) is 5.91 Å². The molecule has 0 N–H and O–H groups in total. The van der Waals surface area contributed by atoms with Crippen molar-refractivity contribution in [2.24, 2.45) is 0 Å². The molecule has 1 aliphatic heterocycles. The van der Waals surface area contributed by atoms with Crippen LogP contribution in [0.4, 0.5) is 10.1 Å².